The number of rotatable bonds is 2. The average molecular weight is 282 g/mol. The minimum Gasteiger partial charge on any atom is -0.264 e. The predicted molar refractivity (Wildman–Crippen MR) is 90.4 cm³/mol. The van der Waals surface area contributed by atoms with Gasteiger partial charge in [-0.05, 0) is 23.6 Å². The van der Waals surface area contributed by atoms with Crippen molar-refractivity contribution in [2.75, 3.05) is 0 Å². The van der Waals surface area contributed by atoms with Crippen molar-refractivity contribution < 1.29 is 0 Å². The van der Waals surface area contributed by atoms with Crippen LogP contribution in [0.3, 0.4) is 0 Å². The van der Waals surface area contributed by atoms with Crippen molar-refractivity contribution in [3.63, 3.8) is 0 Å². The summed E-state index contributed by atoms with van der Waals surface area (Å²) in [6.07, 6.45) is 3.63. The number of pyridine rings is 2. The fourth-order valence-electron chi connectivity index (χ4n) is 2.68. The van der Waals surface area contributed by atoms with Crippen molar-refractivity contribution >= 4 is 10.8 Å². The summed E-state index contributed by atoms with van der Waals surface area (Å²) in [6.45, 7) is 0. The summed E-state index contributed by atoms with van der Waals surface area (Å²) >= 11 is 0. The highest BCUT2D eigenvalue weighted by Gasteiger charge is 2.09. The molecule has 0 N–H and O–H groups in total. The molecule has 0 bridgehead atoms. The Morgan fingerprint density at radius 3 is 2.27 bits per heavy atom. The Morgan fingerprint density at radius 2 is 1.45 bits per heavy atom. The van der Waals surface area contributed by atoms with Crippen molar-refractivity contribution in [2.24, 2.45) is 0 Å². The van der Waals surface area contributed by atoms with Crippen LogP contribution in [0.1, 0.15) is 0 Å². The normalized spacial score (nSPS) is 10.7. The summed E-state index contributed by atoms with van der Waals surface area (Å²) < 4.78 is 0. The molecule has 2 aromatic carbocycles. The molecule has 4 rings (SSSR count). The van der Waals surface area contributed by atoms with Gasteiger partial charge in [0.15, 0.2) is 0 Å². The number of hydrogen-bond acceptors (Lipinski definition) is 2. The van der Waals surface area contributed by atoms with E-state index in [1.165, 1.54) is 10.8 Å². The summed E-state index contributed by atoms with van der Waals surface area (Å²) in [7, 11) is 0. The molecule has 0 amide bonds. The van der Waals surface area contributed by atoms with Gasteiger partial charge in [0.2, 0.25) is 0 Å². The van der Waals surface area contributed by atoms with Crippen LogP contribution in [0.5, 0.6) is 0 Å². The van der Waals surface area contributed by atoms with E-state index in [2.05, 4.69) is 47.4 Å². The zero-order chi connectivity index (χ0) is 14.8. The maximum Gasteiger partial charge on any atom is 0.0787 e. The third-order valence-corrected chi connectivity index (χ3v) is 3.74. The highest BCUT2D eigenvalue weighted by molar-refractivity contribution is 5.96. The summed E-state index contributed by atoms with van der Waals surface area (Å²) in [5.41, 5.74) is 4.12. The van der Waals surface area contributed by atoms with Crippen molar-refractivity contribution in [1.82, 2.24) is 9.97 Å². The van der Waals surface area contributed by atoms with Crippen LogP contribution in [-0.4, -0.2) is 9.97 Å². The van der Waals surface area contributed by atoms with Gasteiger partial charge in [0.25, 0.3) is 0 Å². The van der Waals surface area contributed by atoms with Crippen LogP contribution in [0.25, 0.3) is 33.3 Å². The Hall–Kier alpha value is -3.00. The number of hydrogen-bond donors (Lipinski definition) is 0. The molecule has 0 saturated carbocycles. The Balaban J connectivity index is 2.02. The van der Waals surface area contributed by atoms with Gasteiger partial charge in [-0.1, -0.05) is 54.6 Å². The summed E-state index contributed by atoms with van der Waals surface area (Å²) in [4.78, 5) is 9.10. The van der Waals surface area contributed by atoms with E-state index in [1.54, 1.807) is 6.20 Å². The first-order valence-corrected chi connectivity index (χ1v) is 7.27. The van der Waals surface area contributed by atoms with Crippen molar-refractivity contribution in [2.45, 2.75) is 0 Å². The first-order chi connectivity index (χ1) is 10.9. The van der Waals surface area contributed by atoms with E-state index in [0.717, 1.165) is 22.5 Å². The SMILES string of the molecule is c1ccc(-c2nc(-c3cccnc3)cc3ccccc23)cc1. The molecule has 2 heteroatoms. The van der Waals surface area contributed by atoms with E-state index in [1.807, 2.05) is 36.5 Å². The first-order valence-electron chi connectivity index (χ1n) is 7.27. The number of aromatic nitrogens is 2. The fourth-order valence-corrected chi connectivity index (χ4v) is 2.68. The van der Waals surface area contributed by atoms with Gasteiger partial charge in [0, 0.05) is 28.9 Å². The van der Waals surface area contributed by atoms with Crippen molar-refractivity contribution in [3.05, 3.63) is 85.2 Å². The first kappa shape index (κ1) is 12.7. The lowest BCUT2D eigenvalue weighted by Gasteiger charge is -2.09. The Morgan fingerprint density at radius 1 is 0.682 bits per heavy atom. The molecular weight excluding hydrogens is 268 g/mol. The third kappa shape index (κ3) is 2.25. The quantitative estimate of drug-likeness (QED) is 0.519. The molecule has 0 atom stereocenters. The summed E-state index contributed by atoms with van der Waals surface area (Å²) in [5.74, 6) is 0. The molecule has 2 heterocycles. The van der Waals surface area contributed by atoms with Gasteiger partial charge >= 0.3 is 0 Å². The van der Waals surface area contributed by atoms with Crippen molar-refractivity contribution in [1.29, 1.82) is 0 Å². The van der Waals surface area contributed by atoms with Crippen LogP contribution in [0.4, 0.5) is 0 Å². The van der Waals surface area contributed by atoms with Gasteiger partial charge in [-0.3, -0.25) is 4.98 Å². The lowest BCUT2D eigenvalue weighted by atomic mass is 10.0. The molecule has 2 aromatic heterocycles. The topological polar surface area (TPSA) is 25.8 Å². The molecule has 0 aliphatic heterocycles. The van der Waals surface area contributed by atoms with Crippen LogP contribution in [-0.2, 0) is 0 Å². The van der Waals surface area contributed by atoms with E-state index in [-0.39, 0.29) is 0 Å². The number of benzene rings is 2. The Bertz CT molecular complexity index is 916. The molecule has 0 radical (unpaired) electrons. The third-order valence-electron chi connectivity index (χ3n) is 3.74. The molecule has 0 fully saturated rings. The number of fused-ring (bicyclic) bond motifs is 1. The van der Waals surface area contributed by atoms with Gasteiger partial charge in [-0.2, -0.15) is 0 Å². The Kier molecular flexibility index (Phi) is 3.13. The van der Waals surface area contributed by atoms with E-state index >= 15 is 0 Å². The molecule has 0 aliphatic rings. The van der Waals surface area contributed by atoms with Gasteiger partial charge in [-0.15, -0.1) is 0 Å². The average Bonchev–Trinajstić information content (AvgIpc) is 2.62. The monoisotopic (exact) mass is 282 g/mol. The maximum atomic E-state index is 4.90. The van der Waals surface area contributed by atoms with Crippen molar-refractivity contribution in [3.8, 4) is 22.5 Å². The molecule has 0 unspecified atom stereocenters. The molecule has 0 saturated heterocycles. The molecule has 2 nitrogen and oxygen atoms in total. The van der Waals surface area contributed by atoms with E-state index in [4.69, 9.17) is 4.98 Å². The zero-order valence-corrected chi connectivity index (χ0v) is 12.0. The largest absolute Gasteiger partial charge is 0.264 e. The van der Waals surface area contributed by atoms with Gasteiger partial charge in [-0.25, -0.2) is 4.98 Å². The van der Waals surface area contributed by atoms with Crippen LogP contribution >= 0.6 is 0 Å². The number of nitrogens with zero attached hydrogens (tertiary/aromatic N) is 2. The second kappa shape index (κ2) is 5.41. The fraction of sp³-hybridized carbons (Fsp3) is 0. The van der Waals surface area contributed by atoms with Crippen LogP contribution in [0.15, 0.2) is 85.2 Å². The summed E-state index contributed by atoms with van der Waals surface area (Å²) in [5, 5.41) is 2.36. The molecule has 4 aromatic rings. The molecule has 22 heavy (non-hydrogen) atoms. The van der Waals surface area contributed by atoms with Crippen LogP contribution in [0, 0.1) is 0 Å². The van der Waals surface area contributed by atoms with Gasteiger partial charge in [0.1, 0.15) is 0 Å². The molecule has 0 spiro atoms. The minimum absolute atomic E-state index is 0.950. The second-order valence-electron chi connectivity index (χ2n) is 5.18. The van der Waals surface area contributed by atoms with Gasteiger partial charge in [0.05, 0.1) is 11.4 Å². The lowest BCUT2D eigenvalue weighted by Crippen LogP contribution is -1.91. The molecule has 104 valence electrons. The van der Waals surface area contributed by atoms with Crippen LogP contribution in [0.2, 0.25) is 0 Å². The van der Waals surface area contributed by atoms with Gasteiger partial charge < -0.3 is 0 Å². The minimum atomic E-state index is 0.950. The van der Waals surface area contributed by atoms with E-state index in [9.17, 15) is 0 Å². The highest BCUT2D eigenvalue weighted by atomic mass is 14.7. The maximum absolute atomic E-state index is 4.90. The predicted octanol–water partition coefficient (Wildman–Crippen LogP) is 4.96. The molecular formula is C20H14N2. The standard InChI is InChI=1S/C20H14N2/c1-2-7-15(8-3-1)20-18-11-5-4-9-16(18)13-19(22-20)17-10-6-12-21-14-17/h1-14H. The molecule has 0 aliphatic carbocycles. The van der Waals surface area contributed by atoms with E-state index in [0.29, 0.717) is 0 Å². The lowest BCUT2D eigenvalue weighted by molar-refractivity contribution is 1.29. The van der Waals surface area contributed by atoms with Crippen LogP contribution < -0.4 is 0 Å². The smallest absolute Gasteiger partial charge is 0.0787 e. The zero-order valence-electron chi connectivity index (χ0n) is 12.0. The Labute approximate surface area is 129 Å². The van der Waals surface area contributed by atoms with E-state index < -0.39 is 0 Å². The second-order valence-corrected chi connectivity index (χ2v) is 5.18. The highest BCUT2D eigenvalue weighted by Crippen LogP contribution is 2.30. The summed E-state index contributed by atoms with van der Waals surface area (Å²) in [6, 6.07) is 24.8.